The fourth-order valence-corrected chi connectivity index (χ4v) is 13.6. The number of benzene rings is 3. The number of carbonyl (C=O) groups is 3. The van der Waals surface area contributed by atoms with Crippen LogP contribution in [0.25, 0.3) is 44.7 Å². The standard InChI is InChI=1S/C51H55FN10O5S2/c1-27(2)44(59-51(65)66-3)49(64)60-17-9-12-37(60)45-54-22-34(57-45)30-15-16-36-32(18-30)20-38-42-33(52)19-31(21-40(42)67-50(62(36)38)41-24-56-47(68-41)29-13-14-29)35-23-55-46(58-35)39-25-69(4,5)26-61(39)48(63)43(53)28-10-7-6-8-11-28/h6-8,10-11,15-16,18-24,27,29,37,39,43-44,50H,9,12-14,17,25-26,53H2,1-5H3,(H,54,57)(H,55,58)(H,59,65)/t37-,39-,43+,44?,50-/m0/s1. The third kappa shape index (κ3) is 8.25. The van der Waals surface area contributed by atoms with Crippen molar-refractivity contribution in [3.05, 3.63) is 118 Å². The lowest BCUT2D eigenvalue weighted by Gasteiger charge is -2.30. The Bertz CT molecular complexity index is 3120. The van der Waals surface area contributed by atoms with Gasteiger partial charge in [-0.15, -0.1) is 11.3 Å². The zero-order chi connectivity index (χ0) is 47.9. The normalized spacial score (nSPS) is 20.9. The molecule has 15 nitrogen and oxygen atoms in total. The van der Waals surface area contributed by atoms with Gasteiger partial charge >= 0.3 is 6.09 Å². The first kappa shape index (κ1) is 45.0. The minimum absolute atomic E-state index is 0.148. The second kappa shape index (κ2) is 17.5. The predicted octanol–water partition coefficient (Wildman–Crippen LogP) is 9.15. The number of likely N-dealkylation sites (tertiary alicyclic amines) is 1. The molecule has 3 aliphatic heterocycles. The Labute approximate surface area is 404 Å². The van der Waals surface area contributed by atoms with Crippen molar-refractivity contribution in [2.75, 3.05) is 37.8 Å². The number of carbonyl (C=O) groups excluding carboxylic acids is 3. The average Bonchev–Trinajstić information content (AvgIpc) is 4.02. The number of ether oxygens (including phenoxy) is 2. The van der Waals surface area contributed by atoms with Gasteiger partial charge in [0.1, 0.15) is 35.3 Å². The highest BCUT2D eigenvalue weighted by Crippen LogP contribution is 2.53. The number of amides is 3. The molecule has 0 spiro atoms. The van der Waals surface area contributed by atoms with Gasteiger partial charge in [0.15, 0.2) is 0 Å². The zero-order valence-electron chi connectivity index (χ0n) is 39.1. The summed E-state index contributed by atoms with van der Waals surface area (Å²) >= 11 is 1.63. The zero-order valence-corrected chi connectivity index (χ0v) is 40.7. The van der Waals surface area contributed by atoms with E-state index in [0.717, 1.165) is 69.0 Å². The van der Waals surface area contributed by atoms with Crippen LogP contribution < -0.4 is 15.8 Å². The molecule has 69 heavy (non-hydrogen) atoms. The van der Waals surface area contributed by atoms with Gasteiger partial charge < -0.3 is 40.3 Å². The first-order valence-electron chi connectivity index (χ1n) is 23.4. The van der Waals surface area contributed by atoms with Gasteiger partial charge in [-0.2, -0.15) is 0 Å². The van der Waals surface area contributed by atoms with Crippen LogP contribution in [0.2, 0.25) is 0 Å². The number of H-pyrrole nitrogens is 2. The number of halogens is 1. The summed E-state index contributed by atoms with van der Waals surface area (Å²) in [5.74, 6) is 2.60. The number of nitrogens with one attached hydrogen (secondary N) is 3. The van der Waals surface area contributed by atoms with Gasteiger partial charge in [0.05, 0.1) is 75.5 Å². The van der Waals surface area contributed by atoms with E-state index < -0.39 is 40.3 Å². The summed E-state index contributed by atoms with van der Waals surface area (Å²) in [6.45, 7) is 4.33. The summed E-state index contributed by atoms with van der Waals surface area (Å²) in [5, 5.41) is 4.67. The van der Waals surface area contributed by atoms with E-state index >= 15 is 4.39 Å². The number of fused-ring (bicyclic) bond motifs is 5. The summed E-state index contributed by atoms with van der Waals surface area (Å²) in [7, 11) is 0.120. The molecule has 2 saturated heterocycles. The molecule has 1 saturated carbocycles. The Morgan fingerprint density at radius 3 is 2.36 bits per heavy atom. The molecule has 3 amide bonds. The van der Waals surface area contributed by atoms with Crippen molar-refractivity contribution in [1.82, 2.24) is 44.6 Å². The minimum Gasteiger partial charge on any atom is -0.464 e. The number of rotatable bonds is 11. The number of methoxy groups -OCH3 is 1. The number of alkyl carbamates (subject to hydrolysis) is 1. The number of hydrogen-bond acceptors (Lipinski definition) is 10. The Hall–Kier alpha value is -6.50. The van der Waals surface area contributed by atoms with Gasteiger partial charge in [-0.3, -0.25) is 14.2 Å². The molecule has 7 heterocycles. The van der Waals surface area contributed by atoms with Crippen molar-refractivity contribution in [1.29, 1.82) is 0 Å². The quantitative estimate of drug-likeness (QED) is 0.0980. The fraction of sp³-hybridized carbons (Fsp3) is 0.373. The molecule has 358 valence electrons. The van der Waals surface area contributed by atoms with E-state index in [0.29, 0.717) is 58.3 Å². The van der Waals surface area contributed by atoms with Crippen LogP contribution in [-0.2, 0) is 14.3 Å². The van der Waals surface area contributed by atoms with Gasteiger partial charge in [0, 0.05) is 40.9 Å². The number of hydrogen-bond donors (Lipinski definition) is 4. The molecule has 7 aromatic rings. The number of nitrogens with zero attached hydrogens (tertiary/aromatic N) is 6. The highest BCUT2D eigenvalue weighted by Gasteiger charge is 2.42. The van der Waals surface area contributed by atoms with Crippen molar-refractivity contribution in [2.24, 2.45) is 11.7 Å². The average molecular weight is 971 g/mol. The molecule has 3 fully saturated rings. The van der Waals surface area contributed by atoms with Crippen LogP contribution >= 0.6 is 21.4 Å². The van der Waals surface area contributed by atoms with E-state index in [1.165, 1.54) is 13.2 Å². The SMILES string of the molecule is COC(=O)NC(C(=O)N1CCC[C@H]1c1ncc(-c2ccc3c(c2)cc2n3[C@H](c3cnc(C4CC4)s3)Oc3cc(-c4cnc([C@@H]5CS(C)(C)CN5C(=O)[C@H](N)c5ccccc5)[nH]4)cc(F)c3-2)[nH]1)C(C)C. The maximum absolute atomic E-state index is 17.0. The number of aromatic nitrogens is 6. The lowest BCUT2D eigenvalue weighted by atomic mass is 10.0. The van der Waals surface area contributed by atoms with Gasteiger partial charge in [-0.25, -0.2) is 34.2 Å². The van der Waals surface area contributed by atoms with Crippen LogP contribution in [0, 0.1) is 11.7 Å². The highest BCUT2D eigenvalue weighted by atomic mass is 32.3. The predicted molar refractivity (Wildman–Crippen MR) is 265 cm³/mol. The van der Waals surface area contributed by atoms with Crippen LogP contribution in [0.15, 0.2) is 85.3 Å². The molecule has 4 aromatic heterocycles. The van der Waals surface area contributed by atoms with Gasteiger partial charge in [-0.1, -0.05) is 50.2 Å². The van der Waals surface area contributed by atoms with E-state index in [4.69, 9.17) is 30.2 Å². The largest absolute Gasteiger partial charge is 0.464 e. The van der Waals surface area contributed by atoms with Crippen LogP contribution in [0.1, 0.15) is 96.9 Å². The number of imidazole rings is 2. The molecule has 18 heteroatoms. The Balaban J connectivity index is 0.915. The third-order valence-electron chi connectivity index (χ3n) is 13.9. The lowest BCUT2D eigenvalue weighted by Crippen LogP contribution is -2.51. The molecule has 5 atom stereocenters. The number of nitrogens with two attached hydrogens (primary N) is 1. The summed E-state index contributed by atoms with van der Waals surface area (Å²) in [5.41, 5.74) is 12.0. The molecular formula is C51H55FN10O5S2. The Morgan fingerprint density at radius 1 is 0.899 bits per heavy atom. The van der Waals surface area contributed by atoms with E-state index in [1.807, 2.05) is 79.5 Å². The number of aromatic amines is 2. The van der Waals surface area contributed by atoms with E-state index in [9.17, 15) is 14.4 Å². The maximum atomic E-state index is 17.0. The van der Waals surface area contributed by atoms with Crippen molar-refractivity contribution in [3.63, 3.8) is 0 Å². The first-order valence-corrected chi connectivity index (χ1v) is 27.0. The van der Waals surface area contributed by atoms with Gasteiger partial charge in [0.2, 0.25) is 18.0 Å². The van der Waals surface area contributed by atoms with E-state index in [2.05, 4.69) is 38.4 Å². The smallest absolute Gasteiger partial charge is 0.407 e. The summed E-state index contributed by atoms with van der Waals surface area (Å²) in [6, 6.07) is 18.8. The second-order valence-electron chi connectivity index (χ2n) is 19.5. The molecule has 11 rings (SSSR count). The van der Waals surface area contributed by atoms with Crippen molar-refractivity contribution >= 4 is 50.2 Å². The summed E-state index contributed by atoms with van der Waals surface area (Å²) < 4.78 is 30.8. The first-order chi connectivity index (χ1) is 33.2. The molecule has 1 aliphatic carbocycles. The van der Waals surface area contributed by atoms with Crippen molar-refractivity contribution in [2.45, 2.75) is 75.8 Å². The lowest BCUT2D eigenvalue weighted by molar-refractivity contribution is -0.135. The summed E-state index contributed by atoms with van der Waals surface area (Å²) in [4.78, 5) is 65.8. The molecule has 4 aliphatic rings. The maximum Gasteiger partial charge on any atom is 0.407 e. The second-order valence-corrected chi connectivity index (χ2v) is 24.8. The number of thiazole rings is 1. The van der Waals surface area contributed by atoms with E-state index in [-0.39, 0.29) is 29.8 Å². The molecule has 3 aromatic carbocycles. The van der Waals surface area contributed by atoms with Crippen LogP contribution in [0.5, 0.6) is 5.75 Å². The van der Waals surface area contributed by atoms with Crippen LogP contribution in [-0.4, -0.2) is 101 Å². The Morgan fingerprint density at radius 2 is 1.64 bits per heavy atom. The van der Waals surface area contributed by atoms with Crippen LogP contribution in [0.3, 0.4) is 0 Å². The molecule has 0 bridgehead atoms. The third-order valence-corrected chi connectivity index (χ3v) is 17.3. The molecule has 5 N–H and O–H groups in total. The molecule has 1 unspecified atom stereocenters. The topological polar surface area (TPSA) is 189 Å². The minimum atomic E-state index is -1.16. The van der Waals surface area contributed by atoms with Gasteiger partial charge in [-0.05, 0) is 80.0 Å². The fourth-order valence-electron chi connectivity index (χ4n) is 10.2. The highest BCUT2D eigenvalue weighted by molar-refractivity contribution is 8.32. The van der Waals surface area contributed by atoms with Crippen molar-refractivity contribution < 1.29 is 28.2 Å². The summed E-state index contributed by atoms with van der Waals surface area (Å²) in [6.07, 6.45) is 12.3. The van der Waals surface area contributed by atoms with E-state index in [1.54, 1.807) is 28.6 Å². The van der Waals surface area contributed by atoms with Crippen LogP contribution in [0.4, 0.5) is 9.18 Å². The molecular weight excluding hydrogens is 916 g/mol. The monoisotopic (exact) mass is 970 g/mol. The van der Waals surface area contributed by atoms with Crippen molar-refractivity contribution in [3.8, 4) is 39.5 Å². The van der Waals surface area contributed by atoms with Gasteiger partial charge in [0.25, 0.3) is 0 Å². The Kier molecular flexibility index (Phi) is 11.4. The molecule has 0 radical (unpaired) electrons.